The van der Waals surface area contributed by atoms with E-state index in [1.807, 2.05) is 37.4 Å². The number of aromatic hydroxyl groups is 1. The van der Waals surface area contributed by atoms with Gasteiger partial charge in [0.2, 0.25) is 0 Å². The van der Waals surface area contributed by atoms with Gasteiger partial charge in [-0.2, -0.15) is 5.10 Å². The van der Waals surface area contributed by atoms with Crippen LogP contribution in [0, 0.1) is 0 Å². The first-order valence-corrected chi connectivity index (χ1v) is 6.62. The molecule has 2 aromatic carbocycles. The van der Waals surface area contributed by atoms with Gasteiger partial charge in [0.1, 0.15) is 5.75 Å². The van der Waals surface area contributed by atoms with E-state index in [1.165, 1.54) is 0 Å². The highest BCUT2D eigenvalue weighted by molar-refractivity contribution is 5.72. The molecule has 3 aromatic rings. The summed E-state index contributed by atoms with van der Waals surface area (Å²) in [5.41, 5.74) is 2.58. The first kappa shape index (κ1) is 13.1. The molecule has 0 radical (unpaired) electrons. The third-order valence-corrected chi connectivity index (χ3v) is 3.33. The van der Waals surface area contributed by atoms with Crippen LogP contribution in [-0.2, 0) is 7.05 Å². The third kappa shape index (κ3) is 2.31. The molecule has 0 bridgehead atoms. The van der Waals surface area contributed by atoms with Crippen LogP contribution in [0.25, 0.3) is 28.9 Å². The van der Waals surface area contributed by atoms with Crippen LogP contribution < -0.4 is 0 Å². The molecule has 0 spiro atoms. The molecule has 0 aliphatic rings. The number of benzene rings is 2. The molecule has 1 heterocycles. The number of aryl methyl sites for hydroxylation is 1. The van der Waals surface area contributed by atoms with Crippen LogP contribution in [0.2, 0.25) is 0 Å². The maximum absolute atomic E-state index is 9.93. The second kappa shape index (κ2) is 5.25. The molecular formula is C17H15N3O. The van der Waals surface area contributed by atoms with Gasteiger partial charge >= 0.3 is 0 Å². The minimum atomic E-state index is 0.173. The van der Waals surface area contributed by atoms with Crippen molar-refractivity contribution in [3.05, 3.63) is 60.7 Å². The molecule has 0 amide bonds. The smallest absolute Gasteiger partial charge is 0.185 e. The Morgan fingerprint density at radius 3 is 2.43 bits per heavy atom. The Kier molecular flexibility index (Phi) is 3.28. The van der Waals surface area contributed by atoms with Crippen molar-refractivity contribution in [2.24, 2.45) is 7.05 Å². The molecule has 0 atom stereocenters. The quantitative estimate of drug-likeness (QED) is 0.797. The van der Waals surface area contributed by atoms with E-state index < -0.39 is 0 Å². The van der Waals surface area contributed by atoms with Crippen LogP contribution in [0.4, 0.5) is 0 Å². The summed E-state index contributed by atoms with van der Waals surface area (Å²) in [6.07, 6.45) is 1.80. The molecule has 0 saturated heterocycles. The van der Waals surface area contributed by atoms with Crippen LogP contribution in [-0.4, -0.2) is 19.9 Å². The van der Waals surface area contributed by atoms with E-state index in [0.29, 0.717) is 11.4 Å². The summed E-state index contributed by atoms with van der Waals surface area (Å²) < 4.78 is 1.71. The van der Waals surface area contributed by atoms with Crippen molar-refractivity contribution in [3.8, 4) is 28.5 Å². The van der Waals surface area contributed by atoms with Crippen molar-refractivity contribution in [2.45, 2.75) is 0 Å². The van der Waals surface area contributed by atoms with E-state index in [1.54, 1.807) is 29.0 Å². The van der Waals surface area contributed by atoms with Crippen molar-refractivity contribution in [2.75, 3.05) is 0 Å². The first-order chi connectivity index (χ1) is 10.2. The predicted molar refractivity (Wildman–Crippen MR) is 83.6 cm³/mol. The lowest BCUT2D eigenvalue weighted by molar-refractivity contribution is 0.477. The molecule has 1 aromatic heterocycles. The van der Waals surface area contributed by atoms with Gasteiger partial charge in [-0.05, 0) is 17.7 Å². The highest BCUT2D eigenvalue weighted by Gasteiger charge is 2.14. The second-order valence-electron chi connectivity index (χ2n) is 4.69. The molecule has 4 heteroatoms. The van der Waals surface area contributed by atoms with E-state index in [9.17, 15) is 5.11 Å². The van der Waals surface area contributed by atoms with Crippen LogP contribution in [0.15, 0.2) is 55.1 Å². The van der Waals surface area contributed by atoms with Crippen LogP contribution in [0.1, 0.15) is 5.56 Å². The first-order valence-electron chi connectivity index (χ1n) is 6.62. The predicted octanol–water partition coefficient (Wildman–Crippen LogP) is 3.50. The Hall–Kier alpha value is -2.88. The zero-order chi connectivity index (χ0) is 14.8. The maximum atomic E-state index is 9.93. The molecule has 0 unspecified atom stereocenters. The van der Waals surface area contributed by atoms with Gasteiger partial charge in [-0.15, -0.1) is 0 Å². The van der Waals surface area contributed by atoms with Crippen molar-refractivity contribution in [1.82, 2.24) is 14.8 Å². The lowest BCUT2D eigenvalue weighted by Crippen LogP contribution is -1.95. The van der Waals surface area contributed by atoms with Gasteiger partial charge in [0.15, 0.2) is 11.6 Å². The Balaban J connectivity index is 2.15. The highest BCUT2D eigenvalue weighted by atomic mass is 16.3. The normalized spacial score (nSPS) is 10.5. The van der Waals surface area contributed by atoms with Crippen LogP contribution in [0.3, 0.4) is 0 Å². The Morgan fingerprint density at radius 2 is 1.71 bits per heavy atom. The Labute approximate surface area is 123 Å². The summed E-state index contributed by atoms with van der Waals surface area (Å²) >= 11 is 0. The second-order valence-corrected chi connectivity index (χ2v) is 4.69. The fourth-order valence-electron chi connectivity index (χ4n) is 2.27. The molecular weight excluding hydrogens is 262 g/mol. The molecule has 0 fully saturated rings. The molecule has 0 saturated carbocycles. The van der Waals surface area contributed by atoms with E-state index in [4.69, 9.17) is 0 Å². The standard InChI is InChI=1S/C17H15N3O/c1-3-12-8-4-5-9-13(12)17-18-16(19-20(17)2)14-10-6-7-11-15(14)21/h3-11,21H,1H2,2H3. The molecule has 21 heavy (non-hydrogen) atoms. The van der Waals surface area contributed by atoms with Crippen molar-refractivity contribution < 1.29 is 5.11 Å². The van der Waals surface area contributed by atoms with E-state index in [2.05, 4.69) is 16.7 Å². The average Bonchev–Trinajstić information content (AvgIpc) is 2.89. The molecule has 4 nitrogen and oxygen atoms in total. The molecule has 1 N–H and O–H groups in total. The maximum Gasteiger partial charge on any atom is 0.185 e. The van der Waals surface area contributed by atoms with Gasteiger partial charge in [0, 0.05) is 12.6 Å². The molecule has 0 aliphatic heterocycles. The molecule has 0 aliphatic carbocycles. The number of hydrogen-bond acceptors (Lipinski definition) is 3. The Morgan fingerprint density at radius 1 is 1.05 bits per heavy atom. The minimum absolute atomic E-state index is 0.173. The van der Waals surface area contributed by atoms with Crippen LogP contribution >= 0.6 is 0 Å². The number of aromatic nitrogens is 3. The van der Waals surface area contributed by atoms with Crippen molar-refractivity contribution >= 4 is 6.08 Å². The van der Waals surface area contributed by atoms with Gasteiger partial charge in [-0.25, -0.2) is 9.67 Å². The summed E-state index contributed by atoms with van der Waals surface area (Å²) in [4.78, 5) is 4.56. The van der Waals surface area contributed by atoms with Crippen molar-refractivity contribution in [1.29, 1.82) is 0 Å². The van der Waals surface area contributed by atoms with Gasteiger partial charge in [-0.1, -0.05) is 49.1 Å². The lowest BCUT2D eigenvalue weighted by Gasteiger charge is -2.03. The van der Waals surface area contributed by atoms with E-state index in [0.717, 1.165) is 17.0 Å². The highest BCUT2D eigenvalue weighted by Crippen LogP contribution is 2.29. The third-order valence-electron chi connectivity index (χ3n) is 3.33. The number of para-hydroxylation sites is 1. The minimum Gasteiger partial charge on any atom is -0.507 e. The largest absolute Gasteiger partial charge is 0.507 e. The van der Waals surface area contributed by atoms with Gasteiger partial charge < -0.3 is 5.11 Å². The average molecular weight is 277 g/mol. The summed E-state index contributed by atoms with van der Waals surface area (Å²) in [7, 11) is 1.84. The monoisotopic (exact) mass is 277 g/mol. The number of hydrogen-bond donors (Lipinski definition) is 1. The van der Waals surface area contributed by atoms with Gasteiger partial charge in [-0.3, -0.25) is 0 Å². The van der Waals surface area contributed by atoms with E-state index >= 15 is 0 Å². The summed E-state index contributed by atoms with van der Waals surface area (Å²) in [5.74, 6) is 1.42. The molecule has 104 valence electrons. The topological polar surface area (TPSA) is 50.9 Å². The summed E-state index contributed by atoms with van der Waals surface area (Å²) in [5, 5.41) is 14.3. The number of phenols is 1. The lowest BCUT2D eigenvalue weighted by atomic mass is 10.1. The fraction of sp³-hybridized carbons (Fsp3) is 0.0588. The Bertz CT molecular complexity index is 805. The summed E-state index contributed by atoms with van der Waals surface area (Å²) in [6.45, 7) is 3.83. The number of phenolic OH excluding ortho intramolecular Hbond substituents is 1. The van der Waals surface area contributed by atoms with Gasteiger partial charge in [0.25, 0.3) is 0 Å². The SMILES string of the molecule is C=Cc1ccccc1-c1nc(-c2ccccc2O)nn1C. The zero-order valence-electron chi connectivity index (χ0n) is 11.7. The molecule has 3 rings (SSSR count). The summed E-state index contributed by atoms with van der Waals surface area (Å²) in [6, 6.07) is 14.9. The number of rotatable bonds is 3. The van der Waals surface area contributed by atoms with Gasteiger partial charge in [0.05, 0.1) is 5.56 Å². The van der Waals surface area contributed by atoms with Crippen LogP contribution in [0.5, 0.6) is 5.75 Å². The van der Waals surface area contributed by atoms with Crippen molar-refractivity contribution in [3.63, 3.8) is 0 Å². The zero-order valence-corrected chi connectivity index (χ0v) is 11.7. The van der Waals surface area contributed by atoms with E-state index in [-0.39, 0.29) is 5.75 Å². The fourth-order valence-corrected chi connectivity index (χ4v) is 2.27. The number of nitrogens with zero attached hydrogens (tertiary/aromatic N) is 3.